The van der Waals surface area contributed by atoms with Crippen molar-refractivity contribution < 1.29 is 5.11 Å². The van der Waals surface area contributed by atoms with Gasteiger partial charge in [-0.15, -0.1) is 0 Å². The first-order valence-corrected chi connectivity index (χ1v) is 6.41. The summed E-state index contributed by atoms with van der Waals surface area (Å²) in [6.07, 6.45) is 3.00. The molecule has 2 aromatic heterocycles. The van der Waals surface area contributed by atoms with E-state index in [-0.39, 0.29) is 12.4 Å². The van der Waals surface area contributed by atoms with Gasteiger partial charge in [0.15, 0.2) is 0 Å². The zero-order chi connectivity index (χ0) is 15.7. The summed E-state index contributed by atoms with van der Waals surface area (Å²) in [7, 11) is 0. The minimum absolute atomic E-state index is 0.143. The van der Waals surface area contributed by atoms with E-state index >= 15 is 0 Å². The van der Waals surface area contributed by atoms with Gasteiger partial charge >= 0.3 is 5.69 Å². The number of pyridine rings is 1. The molecule has 3 N–H and O–H groups in total. The fourth-order valence-electron chi connectivity index (χ4n) is 2.22. The van der Waals surface area contributed by atoms with E-state index in [1.165, 1.54) is 23.0 Å². The lowest BCUT2D eigenvalue weighted by molar-refractivity contribution is 0.282. The highest BCUT2D eigenvalue weighted by Crippen LogP contribution is 2.21. The molecule has 0 atom stereocenters. The van der Waals surface area contributed by atoms with E-state index in [1.54, 1.807) is 18.2 Å². The van der Waals surface area contributed by atoms with Gasteiger partial charge in [0.2, 0.25) is 0 Å². The van der Waals surface area contributed by atoms with Crippen molar-refractivity contribution in [3.05, 3.63) is 58.3 Å². The number of nitrogens with zero attached hydrogens (tertiary/aromatic N) is 4. The number of benzene rings is 1. The second kappa shape index (κ2) is 5.27. The van der Waals surface area contributed by atoms with E-state index in [1.807, 2.05) is 0 Å². The largest absolute Gasteiger partial charge is 0.392 e. The van der Waals surface area contributed by atoms with Crippen LogP contribution in [0.2, 0.25) is 0 Å². The number of nitrogen functional groups attached to an aromatic ring is 1. The molecule has 0 aliphatic carbocycles. The molecule has 3 rings (SSSR count). The number of nitriles is 1. The standard InChI is InChI=1S/C15H11N5O2/c16-6-11-4-9(8-21)3-10-5-12(7-18-14(10)11)20-2-1-13(17)19-15(20)22/h1-5,7,21H,8H2,(H2,17,19,22). The smallest absolute Gasteiger partial charge is 0.354 e. The number of nitrogens with two attached hydrogens (primary N) is 1. The number of hydrogen-bond acceptors (Lipinski definition) is 6. The highest BCUT2D eigenvalue weighted by atomic mass is 16.3. The monoisotopic (exact) mass is 293 g/mol. The van der Waals surface area contributed by atoms with Crippen molar-refractivity contribution in [1.82, 2.24) is 14.5 Å². The van der Waals surface area contributed by atoms with Crippen LogP contribution in [0.3, 0.4) is 0 Å². The van der Waals surface area contributed by atoms with Gasteiger partial charge in [-0.2, -0.15) is 10.2 Å². The van der Waals surface area contributed by atoms with Gasteiger partial charge < -0.3 is 10.8 Å². The van der Waals surface area contributed by atoms with Crippen molar-refractivity contribution in [3.63, 3.8) is 0 Å². The zero-order valence-electron chi connectivity index (χ0n) is 11.4. The third-order valence-corrected chi connectivity index (χ3v) is 3.23. The van der Waals surface area contributed by atoms with Crippen LogP contribution < -0.4 is 11.4 Å². The third kappa shape index (κ3) is 2.28. The predicted molar refractivity (Wildman–Crippen MR) is 80.2 cm³/mol. The van der Waals surface area contributed by atoms with E-state index in [2.05, 4.69) is 16.0 Å². The maximum atomic E-state index is 11.9. The normalized spacial score (nSPS) is 10.5. The van der Waals surface area contributed by atoms with Gasteiger partial charge in [-0.05, 0) is 29.8 Å². The second-order valence-corrected chi connectivity index (χ2v) is 4.68. The zero-order valence-corrected chi connectivity index (χ0v) is 11.4. The SMILES string of the molecule is N#Cc1cc(CO)cc2cc(-n3ccc(N)nc3=O)cnc12. The van der Waals surface area contributed by atoms with E-state index in [0.717, 1.165) is 0 Å². The van der Waals surface area contributed by atoms with Crippen molar-refractivity contribution in [2.45, 2.75) is 6.61 Å². The molecule has 0 amide bonds. The molecule has 0 radical (unpaired) electrons. The first-order valence-electron chi connectivity index (χ1n) is 6.41. The molecule has 2 heterocycles. The summed E-state index contributed by atoms with van der Waals surface area (Å²) < 4.78 is 1.31. The van der Waals surface area contributed by atoms with Crippen LogP contribution in [0.25, 0.3) is 16.6 Å². The number of fused-ring (bicyclic) bond motifs is 1. The van der Waals surface area contributed by atoms with Gasteiger partial charge in [0.25, 0.3) is 0 Å². The third-order valence-electron chi connectivity index (χ3n) is 3.23. The number of rotatable bonds is 2. The van der Waals surface area contributed by atoms with Crippen molar-refractivity contribution >= 4 is 16.7 Å². The summed E-state index contributed by atoms with van der Waals surface area (Å²) in [5, 5.41) is 19.1. The maximum Gasteiger partial charge on any atom is 0.354 e. The molecule has 0 spiro atoms. The summed E-state index contributed by atoms with van der Waals surface area (Å²) in [4.78, 5) is 19.8. The minimum atomic E-state index is -0.514. The molecule has 1 aromatic carbocycles. The molecule has 22 heavy (non-hydrogen) atoms. The molecular weight excluding hydrogens is 282 g/mol. The Morgan fingerprint density at radius 1 is 1.36 bits per heavy atom. The molecule has 0 unspecified atom stereocenters. The van der Waals surface area contributed by atoms with Crippen molar-refractivity contribution in [1.29, 1.82) is 5.26 Å². The quantitative estimate of drug-likeness (QED) is 0.719. The molecule has 0 saturated heterocycles. The molecule has 0 fully saturated rings. The maximum absolute atomic E-state index is 11.9. The lowest BCUT2D eigenvalue weighted by Crippen LogP contribution is -2.21. The minimum Gasteiger partial charge on any atom is -0.392 e. The average molecular weight is 293 g/mol. The Balaban J connectivity index is 2.25. The molecule has 0 saturated carbocycles. The second-order valence-electron chi connectivity index (χ2n) is 4.68. The number of hydrogen-bond donors (Lipinski definition) is 2. The van der Waals surface area contributed by atoms with Gasteiger partial charge in [0.1, 0.15) is 11.9 Å². The summed E-state index contributed by atoms with van der Waals surface area (Å²) in [6.45, 7) is -0.182. The molecule has 7 heteroatoms. The Kier molecular flexibility index (Phi) is 3.29. The molecular formula is C15H11N5O2. The Bertz CT molecular complexity index is 972. The molecule has 3 aromatic rings. The molecule has 0 aliphatic heterocycles. The van der Waals surface area contributed by atoms with Crippen LogP contribution in [0.5, 0.6) is 0 Å². The van der Waals surface area contributed by atoms with Crippen LogP contribution in [0, 0.1) is 11.3 Å². The summed E-state index contributed by atoms with van der Waals surface area (Å²) >= 11 is 0. The summed E-state index contributed by atoms with van der Waals surface area (Å²) in [5.74, 6) is 0.143. The molecule has 7 nitrogen and oxygen atoms in total. The lowest BCUT2D eigenvalue weighted by Gasteiger charge is -2.08. The van der Waals surface area contributed by atoms with Crippen molar-refractivity contribution in [2.24, 2.45) is 0 Å². The van der Waals surface area contributed by atoms with Crippen molar-refractivity contribution in [2.75, 3.05) is 5.73 Å². The van der Waals surface area contributed by atoms with E-state index < -0.39 is 5.69 Å². The van der Waals surface area contributed by atoms with Crippen LogP contribution in [0.1, 0.15) is 11.1 Å². The predicted octanol–water partition coefficient (Wildman–Crippen LogP) is 0.727. The average Bonchev–Trinajstić information content (AvgIpc) is 2.53. The van der Waals surface area contributed by atoms with Gasteiger partial charge in [-0.3, -0.25) is 9.55 Å². The first kappa shape index (κ1) is 13.7. The van der Waals surface area contributed by atoms with Gasteiger partial charge in [0, 0.05) is 11.6 Å². The fraction of sp³-hybridized carbons (Fsp3) is 0.0667. The van der Waals surface area contributed by atoms with Crippen LogP contribution in [0.15, 0.2) is 41.5 Å². The summed E-state index contributed by atoms with van der Waals surface area (Å²) in [5.41, 5.74) is 6.95. The Morgan fingerprint density at radius 2 is 2.18 bits per heavy atom. The van der Waals surface area contributed by atoms with Crippen molar-refractivity contribution in [3.8, 4) is 11.8 Å². The van der Waals surface area contributed by atoms with Crippen LogP contribution >= 0.6 is 0 Å². The molecule has 0 aliphatic rings. The molecule has 0 bridgehead atoms. The number of anilines is 1. The first-order chi connectivity index (χ1) is 10.6. The Hall–Kier alpha value is -3.24. The van der Waals surface area contributed by atoms with Gasteiger partial charge in [-0.25, -0.2) is 4.79 Å². The van der Waals surface area contributed by atoms with Crippen LogP contribution in [-0.4, -0.2) is 19.6 Å². The Morgan fingerprint density at radius 3 is 2.86 bits per heavy atom. The van der Waals surface area contributed by atoms with E-state index in [4.69, 9.17) is 11.0 Å². The van der Waals surface area contributed by atoms with E-state index in [9.17, 15) is 9.90 Å². The van der Waals surface area contributed by atoms with Gasteiger partial charge in [0.05, 0.1) is 29.6 Å². The fourth-order valence-corrected chi connectivity index (χ4v) is 2.22. The summed E-state index contributed by atoms with van der Waals surface area (Å²) in [6, 6.07) is 8.59. The Labute approximate surface area is 124 Å². The van der Waals surface area contributed by atoms with E-state index in [0.29, 0.717) is 27.7 Å². The highest BCUT2D eigenvalue weighted by molar-refractivity contribution is 5.86. The topological polar surface area (TPSA) is 118 Å². The highest BCUT2D eigenvalue weighted by Gasteiger charge is 2.08. The number of aliphatic hydroxyl groups is 1. The number of aromatic nitrogens is 3. The van der Waals surface area contributed by atoms with Gasteiger partial charge in [-0.1, -0.05) is 0 Å². The number of aliphatic hydroxyl groups excluding tert-OH is 1. The van der Waals surface area contributed by atoms with Crippen LogP contribution in [0.4, 0.5) is 5.82 Å². The molecule has 108 valence electrons. The lowest BCUT2D eigenvalue weighted by atomic mass is 10.1. The van der Waals surface area contributed by atoms with Crippen LogP contribution in [-0.2, 0) is 6.61 Å².